The van der Waals surface area contributed by atoms with Gasteiger partial charge in [-0.15, -0.1) is 11.8 Å². The Kier molecular flexibility index (Phi) is 5.74. The van der Waals surface area contributed by atoms with Crippen molar-refractivity contribution in [2.45, 2.75) is 25.1 Å². The third kappa shape index (κ3) is 5.13. The molecule has 3 nitrogen and oxygen atoms in total. The lowest BCUT2D eigenvalue weighted by atomic mass is 10.2. The fourth-order valence-corrected chi connectivity index (χ4v) is 2.73. The number of nitrogens with one attached hydrogen (secondary N) is 1. The maximum atomic E-state index is 11.8. The molecule has 0 radical (unpaired) electrons. The monoisotopic (exact) mass is 289 g/mol. The van der Waals surface area contributed by atoms with Gasteiger partial charge in [0.25, 0.3) is 0 Å². The molecule has 0 spiro atoms. The number of thioether (sulfide) groups is 1. The Labute approximate surface area is 123 Å². The largest absolute Gasteiger partial charge is 0.469 e. The fourth-order valence-electron chi connectivity index (χ4n) is 1.93. The summed E-state index contributed by atoms with van der Waals surface area (Å²) in [6, 6.07) is 14.0. The van der Waals surface area contributed by atoms with E-state index >= 15 is 0 Å². The van der Waals surface area contributed by atoms with Gasteiger partial charge in [0.05, 0.1) is 12.0 Å². The summed E-state index contributed by atoms with van der Waals surface area (Å²) >= 11 is 1.63. The van der Waals surface area contributed by atoms with Crippen molar-refractivity contribution in [3.8, 4) is 0 Å². The summed E-state index contributed by atoms with van der Waals surface area (Å²) in [4.78, 5) is 11.8. The van der Waals surface area contributed by atoms with Gasteiger partial charge in [-0.05, 0) is 24.6 Å². The molecule has 2 aromatic rings. The van der Waals surface area contributed by atoms with Crippen molar-refractivity contribution in [3.63, 3.8) is 0 Å². The van der Waals surface area contributed by atoms with Crippen LogP contribution in [-0.4, -0.2) is 17.7 Å². The highest BCUT2D eigenvalue weighted by Crippen LogP contribution is 2.11. The Hall–Kier alpha value is -1.68. The molecule has 4 heteroatoms. The minimum atomic E-state index is 0.0741. The summed E-state index contributed by atoms with van der Waals surface area (Å²) in [6.45, 7) is 1.99. The molecule has 1 N–H and O–H groups in total. The maximum Gasteiger partial charge on any atom is 0.230 e. The number of hydrogen-bond donors (Lipinski definition) is 1. The van der Waals surface area contributed by atoms with Crippen molar-refractivity contribution in [1.82, 2.24) is 5.32 Å². The van der Waals surface area contributed by atoms with Crippen LogP contribution in [0, 0.1) is 0 Å². The van der Waals surface area contributed by atoms with E-state index in [0.29, 0.717) is 5.75 Å². The molecule has 1 aromatic carbocycles. The van der Waals surface area contributed by atoms with Crippen LogP contribution in [0.2, 0.25) is 0 Å². The molecule has 0 fully saturated rings. The molecular weight excluding hydrogens is 270 g/mol. The van der Waals surface area contributed by atoms with Crippen molar-refractivity contribution in [2.24, 2.45) is 0 Å². The lowest BCUT2D eigenvalue weighted by molar-refractivity contribution is -0.119. The number of benzene rings is 1. The minimum absolute atomic E-state index is 0.0741. The predicted octanol–water partition coefficient (Wildman–Crippen LogP) is 3.26. The van der Waals surface area contributed by atoms with Gasteiger partial charge >= 0.3 is 0 Å². The predicted molar refractivity (Wildman–Crippen MR) is 82.6 cm³/mol. The molecule has 1 amide bonds. The Balaban J connectivity index is 1.65. The van der Waals surface area contributed by atoms with E-state index in [0.717, 1.165) is 17.9 Å². The van der Waals surface area contributed by atoms with Gasteiger partial charge in [0, 0.05) is 18.2 Å². The lowest BCUT2D eigenvalue weighted by Crippen LogP contribution is -2.35. The average Bonchev–Trinajstić information content (AvgIpc) is 2.92. The van der Waals surface area contributed by atoms with Crippen LogP contribution in [0.5, 0.6) is 0 Å². The Morgan fingerprint density at radius 2 is 2.05 bits per heavy atom. The van der Waals surface area contributed by atoms with Gasteiger partial charge in [0.15, 0.2) is 0 Å². The summed E-state index contributed by atoms with van der Waals surface area (Å²) in [5.41, 5.74) is 1.24. The van der Waals surface area contributed by atoms with Gasteiger partial charge in [0.1, 0.15) is 5.76 Å². The molecule has 0 aliphatic rings. The van der Waals surface area contributed by atoms with Crippen molar-refractivity contribution in [1.29, 1.82) is 0 Å². The van der Waals surface area contributed by atoms with Crippen LogP contribution in [0.1, 0.15) is 18.2 Å². The summed E-state index contributed by atoms with van der Waals surface area (Å²) in [6.07, 6.45) is 2.38. The first kappa shape index (κ1) is 14.7. The number of carbonyl (C=O) groups is 1. The zero-order chi connectivity index (χ0) is 14.2. The van der Waals surface area contributed by atoms with Crippen LogP contribution in [0.3, 0.4) is 0 Å². The van der Waals surface area contributed by atoms with Gasteiger partial charge in [-0.3, -0.25) is 4.79 Å². The molecule has 2 rings (SSSR count). The molecule has 1 heterocycles. The van der Waals surface area contributed by atoms with Crippen molar-refractivity contribution < 1.29 is 9.21 Å². The summed E-state index contributed by atoms with van der Waals surface area (Å²) < 4.78 is 5.27. The second kappa shape index (κ2) is 7.80. The minimum Gasteiger partial charge on any atom is -0.469 e. The highest BCUT2D eigenvalue weighted by atomic mass is 32.2. The number of carbonyl (C=O) groups excluding carboxylic acids is 1. The molecule has 1 unspecified atom stereocenters. The van der Waals surface area contributed by atoms with Gasteiger partial charge in [0.2, 0.25) is 5.91 Å². The van der Waals surface area contributed by atoms with Gasteiger partial charge in [-0.1, -0.05) is 30.3 Å². The molecule has 1 atom stereocenters. The highest BCUT2D eigenvalue weighted by molar-refractivity contribution is 7.99. The Bertz CT molecular complexity index is 511. The first-order valence-electron chi connectivity index (χ1n) is 6.67. The van der Waals surface area contributed by atoms with Crippen LogP contribution >= 0.6 is 11.8 Å². The third-order valence-electron chi connectivity index (χ3n) is 2.84. The molecule has 0 saturated heterocycles. The van der Waals surface area contributed by atoms with E-state index in [1.807, 2.05) is 37.3 Å². The fraction of sp³-hybridized carbons (Fsp3) is 0.312. The standard InChI is InChI=1S/C16H19NO2S/c1-13(10-15-8-5-9-19-15)17-16(18)12-20-11-14-6-3-2-4-7-14/h2-9,13H,10-12H2,1H3,(H,17,18). The molecule has 0 aliphatic carbocycles. The molecular formula is C16H19NO2S. The topological polar surface area (TPSA) is 42.2 Å². The number of hydrogen-bond acceptors (Lipinski definition) is 3. The highest BCUT2D eigenvalue weighted by Gasteiger charge is 2.09. The summed E-state index contributed by atoms with van der Waals surface area (Å²) in [5, 5.41) is 2.98. The Morgan fingerprint density at radius 1 is 1.25 bits per heavy atom. The van der Waals surface area contributed by atoms with E-state index in [1.165, 1.54) is 5.56 Å². The van der Waals surface area contributed by atoms with E-state index in [-0.39, 0.29) is 11.9 Å². The zero-order valence-corrected chi connectivity index (χ0v) is 12.4. The smallest absolute Gasteiger partial charge is 0.230 e. The van der Waals surface area contributed by atoms with Crippen LogP contribution < -0.4 is 5.32 Å². The van der Waals surface area contributed by atoms with Crippen LogP contribution in [0.25, 0.3) is 0 Å². The van der Waals surface area contributed by atoms with Crippen molar-refractivity contribution >= 4 is 17.7 Å². The zero-order valence-electron chi connectivity index (χ0n) is 11.5. The van der Waals surface area contributed by atoms with E-state index in [2.05, 4.69) is 17.4 Å². The number of furan rings is 1. The van der Waals surface area contributed by atoms with Crippen LogP contribution in [0.4, 0.5) is 0 Å². The molecule has 0 bridgehead atoms. The maximum absolute atomic E-state index is 11.8. The molecule has 0 aliphatic heterocycles. The van der Waals surface area contributed by atoms with E-state index in [4.69, 9.17) is 4.42 Å². The Morgan fingerprint density at radius 3 is 2.75 bits per heavy atom. The van der Waals surface area contributed by atoms with Gasteiger partial charge in [-0.25, -0.2) is 0 Å². The molecule has 0 saturated carbocycles. The van der Waals surface area contributed by atoms with Crippen molar-refractivity contribution in [2.75, 3.05) is 5.75 Å². The summed E-state index contributed by atoms with van der Waals surface area (Å²) in [7, 11) is 0. The van der Waals surface area contributed by atoms with E-state index in [9.17, 15) is 4.79 Å². The summed E-state index contributed by atoms with van der Waals surface area (Å²) in [5.74, 6) is 2.32. The third-order valence-corrected chi connectivity index (χ3v) is 3.84. The van der Waals surface area contributed by atoms with Gasteiger partial charge < -0.3 is 9.73 Å². The molecule has 20 heavy (non-hydrogen) atoms. The second-order valence-electron chi connectivity index (χ2n) is 4.73. The van der Waals surface area contributed by atoms with Gasteiger partial charge in [-0.2, -0.15) is 0 Å². The quantitative estimate of drug-likeness (QED) is 0.850. The number of rotatable bonds is 7. The van der Waals surface area contributed by atoms with E-state index in [1.54, 1.807) is 18.0 Å². The normalized spacial score (nSPS) is 12.1. The van der Waals surface area contributed by atoms with Crippen LogP contribution in [0.15, 0.2) is 53.1 Å². The van der Waals surface area contributed by atoms with Crippen LogP contribution in [-0.2, 0) is 17.0 Å². The SMILES string of the molecule is CC(Cc1ccco1)NC(=O)CSCc1ccccc1. The second-order valence-corrected chi connectivity index (χ2v) is 5.72. The first-order valence-corrected chi connectivity index (χ1v) is 7.83. The first-order chi connectivity index (χ1) is 9.74. The number of amides is 1. The molecule has 1 aromatic heterocycles. The van der Waals surface area contributed by atoms with Crippen molar-refractivity contribution in [3.05, 3.63) is 60.1 Å². The average molecular weight is 289 g/mol. The lowest BCUT2D eigenvalue weighted by Gasteiger charge is -2.12. The molecule has 106 valence electrons. The van der Waals surface area contributed by atoms with E-state index < -0.39 is 0 Å².